The van der Waals surface area contributed by atoms with Crippen molar-refractivity contribution in [1.29, 1.82) is 0 Å². The molecule has 2 aromatic rings. The molecule has 3 aliphatic rings. The number of nitrogens with zero attached hydrogens (tertiary/aromatic N) is 3. The lowest BCUT2D eigenvalue weighted by Crippen LogP contribution is -2.55. The van der Waals surface area contributed by atoms with Gasteiger partial charge in [0.25, 0.3) is 11.8 Å². The van der Waals surface area contributed by atoms with Crippen molar-refractivity contribution in [3.63, 3.8) is 0 Å². The molecule has 3 aliphatic heterocycles. The number of carboxylic acid groups (broad SMARTS) is 1. The third-order valence-electron chi connectivity index (χ3n) is 6.54. The molecule has 0 spiro atoms. The molecule has 2 aromatic carbocycles. The van der Waals surface area contributed by atoms with Crippen LogP contribution in [0.15, 0.2) is 47.5 Å². The van der Waals surface area contributed by atoms with Crippen molar-refractivity contribution < 1.29 is 34.1 Å². The van der Waals surface area contributed by atoms with Gasteiger partial charge in [-0.15, -0.1) is 0 Å². The maximum atomic E-state index is 13.2. The first-order valence-corrected chi connectivity index (χ1v) is 11.8. The maximum absolute atomic E-state index is 13.2. The minimum absolute atomic E-state index is 0.129. The second kappa shape index (κ2) is 9.90. The van der Waals surface area contributed by atoms with E-state index >= 15 is 0 Å². The van der Waals surface area contributed by atoms with Crippen molar-refractivity contribution in [3.8, 4) is 0 Å². The molecule has 0 aromatic heterocycles. The second-order valence-corrected chi connectivity index (χ2v) is 9.14. The van der Waals surface area contributed by atoms with Crippen molar-refractivity contribution in [1.82, 2.24) is 4.90 Å². The van der Waals surface area contributed by atoms with Gasteiger partial charge in [0.05, 0.1) is 19.7 Å². The number of morpholine rings is 1. The van der Waals surface area contributed by atoms with E-state index in [1.807, 2.05) is 6.07 Å². The standard InChI is InChI=1S/C25H27N5O7/c1-29(12-18(31)32)25-20(37-25)13-3-2-4-16(10-13)30-7-8-36-21(24(30)35)19(33)23(34)28-15-5-6-17-14(9-15)11-27-22(17)26/h2-6,9-10,19-21,25,33H,7-8,11-12H2,1H3,(H2,26,27)(H,28,34)(H,31,32). The highest BCUT2D eigenvalue weighted by molar-refractivity contribution is 6.05. The van der Waals surface area contributed by atoms with Crippen LogP contribution in [0, 0.1) is 0 Å². The van der Waals surface area contributed by atoms with Gasteiger partial charge in [0.15, 0.2) is 12.2 Å². The van der Waals surface area contributed by atoms with Crippen LogP contribution >= 0.6 is 0 Å². The van der Waals surface area contributed by atoms with Gasteiger partial charge in [-0.25, -0.2) is 0 Å². The number of fused-ring (bicyclic) bond motifs is 1. The topological polar surface area (TPSA) is 170 Å². The number of aliphatic hydroxyl groups excluding tert-OH is 1. The molecule has 5 N–H and O–H groups in total. The number of hydrogen-bond donors (Lipinski definition) is 4. The number of carboxylic acids is 1. The molecule has 194 valence electrons. The van der Waals surface area contributed by atoms with Crippen LogP contribution < -0.4 is 16.0 Å². The molecule has 4 atom stereocenters. The molecule has 0 aliphatic carbocycles. The number of aliphatic imine (C=N–C) groups is 1. The lowest BCUT2D eigenvalue weighted by molar-refractivity contribution is -0.150. The molecule has 0 radical (unpaired) electrons. The molecule has 12 heteroatoms. The quantitative estimate of drug-likeness (QED) is 0.359. The summed E-state index contributed by atoms with van der Waals surface area (Å²) in [7, 11) is 1.66. The lowest BCUT2D eigenvalue weighted by Gasteiger charge is -2.34. The average Bonchev–Trinajstić information content (AvgIpc) is 3.60. The summed E-state index contributed by atoms with van der Waals surface area (Å²) in [4.78, 5) is 44.2. The number of epoxide rings is 1. The summed E-state index contributed by atoms with van der Waals surface area (Å²) < 4.78 is 11.1. The number of amidine groups is 1. The molecule has 4 unspecified atom stereocenters. The van der Waals surface area contributed by atoms with Gasteiger partial charge in [0.2, 0.25) is 0 Å². The molecular weight excluding hydrogens is 482 g/mol. The number of amides is 2. The number of aliphatic hydroxyl groups is 1. The predicted molar refractivity (Wildman–Crippen MR) is 132 cm³/mol. The zero-order chi connectivity index (χ0) is 26.3. The minimum Gasteiger partial charge on any atom is -0.480 e. The highest BCUT2D eigenvalue weighted by Gasteiger charge is 2.44. The molecule has 0 saturated carbocycles. The first-order chi connectivity index (χ1) is 17.7. The fraction of sp³-hybridized carbons (Fsp3) is 0.360. The number of anilines is 2. The zero-order valence-corrected chi connectivity index (χ0v) is 20.0. The third kappa shape index (κ3) is 5.04. The molecule has 0 bridgehead atoms. The number of nitrogens with two attached hydrogens (primary N) is 1. The Hall–Kier alpha value is -3.84. The summed E-state index contributed by atoms with van der Waals surface area (Å²) in [6.45, 7) is 0.628. The minimum atomic E-state index is -1.73. The SMILES string of the molecule is CN(CC(=O)O)C1OC1c1cccc(N2CCOC(C(O)C(=O)Nc3ccc4c(c3)CN=C4N)C2=O)c1. The number of rotatable bonds is 8. The fourth-order valence-corrected chi connectivity index (χ4v) is 4.61. The summed E-state index contributed by atoms with van der Waals surface area (Å²) >= 11 is 0. The molecular formula is C25H27N5O7. The third-order valence-corrected chi connectivity index (χ3v) is 6.54. The van der Waals surface area contributed by atoms with Crippen molar-refractivity contribution in [2.24, 2.45) is 10.7 Å². The van der Waals surface area contributed by atoms with E-state index in [4.69, 9.17) is 20.3 Å². The smallest absolute Gasteiger partial charge is 0.317 e. The number of carbonyl (C=O) groups is 3. The van der Waals surface area contributed by atoms with Crippen LogP contribution in [0.5, 0.6) is 0 Å². The summed E-state index contributed by atoms with van der Waals surface area (Å²) in [5.74, 6) is -1.82. The van der Waals surface area contributed by atoms with Crippen LogP contribution in [-0.4, -0.2) is 83.9 Å². The van der Waals surface area contributed by atoms with Crippen molar-refractivity contribution in [3.05, 3.63) is 59.2 Å². The van der Waals surface area contributed by atoms with Gasteiger partial charge >= 0.3 is 5.97 Å². The molecule has 2 saturated heterocycles. The molecule has 37 heavy (non-hydrogen) atoms. The van der Waals surface area contributed by atoms with E-state index in [0.29, 0.717) is 23.8 Å². The van der Waals surface area contributed by atoms with Gasteiger partial charge in [0, 0.05) is 23.5 Å². The monoisotopic (exact) mass is 509 g/mol. The Morgan fingerprint density at radius 2 is 2.11 bits per heavy atom. The summed E-state index contributed by atoms with van der Waals surface area (Å²) in [6, 6.07) is 12.3. The summed E-state index contributed by atoms with van der Waals surface area (Å²) in [5.41, 5.74) is 9.29. The zero-order valence-electron chi connectivity index (χ0n) is 20.0. The first kappa shape index (κ1) is 24.8. The highest BCUT2D eigenvalue weighted by atomic mass is 16.6. The highest BCUT2D eigenvalue weighted by Crippen LogP contribution is 2.41. The Kier molecular flexibility index (Phi) is 6.65. The molecule has 3 heterocycles. The Morgan fingerprint density at radius 3 is 2.89 bits per heavy atom. The number of aliphatic carboxylic acids is 1. The number of ether oxygens (including phenoxy) is 2. The van der Waals surface area contributed by atoms with Gasteiger partial charge in [-0.3, -0.25) is 24.3 Å². The molecule has 12 nitrogen and oxygen atoms in total. The normalized spacial score (nSPS) is 23.4. The van der Waals surface area contributed by atoms with Gasteiger partial charge in [-0.05, 0) is 48.5 Å². The maximum Gasteiger partial charge on any atom is 0.317 e. The number of benzene rings is 2. The Morgan fingerprint density at radius 1 is 1.30 bits per heavy atom. The summed E-state index contributed by atoms with van der Waals surface area (Å²) in [5, 5.41) is 22.3. The van der Waals surface area contributed by atoms with Crippen molar-refractivity contribution in [2.75, 3.05) is 37.0 Å². The largest absolute Gasteiger partial charge is 0.480 e. The van der Waals surface area contributed by atoms with E-state index in [9.17, 15) is 19.5 Å². The van der Waals surface area contributed by atoms with Gasteiger partial charge in [0.1, 0.15) is 18.2 Å². The van der Waals surface area contributed by atoms with E-state index in [2.05, 4.69) is 10.3 Å². The lowest BCUT2D eigenvalue weighted by atomic mass is 10.1. The van der Waals surface area contributed by atoms with Crippen LogP contribution in [0.4, 0.5) is 11.4 Å². The molecule has 2 amide bonds. The first-order valence-electron chi connectivity index (χ1n) is 11.8. The Labute approximate surface area is 212 Å². The van der Waals surface area contributed by atoms with Gasteiger partial charge in [-0.2, -0.15) is 0 Å². The van der Waals surface area contributed by atoms with Crippen LogP contribution in [0.3, 0.4) is 0 Å². The van der Waals surface area contributed by atoms with Crippen LogP contribution in [-0.2, 0) is 30.4 Å². The molecule has 2 fully saturated rings. The van der Waals surface area contributed by atoms with Gasteiger partial charge in [-0.1, -0.05) is 12.1 Å². The van der Waals surface area contributed by atoms with E-state index in [1.165, 1.54) is 4.90 Å². The van der Waals surface area contributed by atoms with Crippen molar-refractivity contribution in [2.45, 2.75) is 31.1 Å². The number of hydrogen-bond acceptors (Lipinski definition) is 9. The van der Waals surface area contributed by atoms with Crippen LogP contribution in [0.1, 0.15) is 22.8 Å². The van der Waals surface area contributed by atoms with E-state index in [-0.39, 0.29) is 32.0 Å². The van der Waals surface area contributed by atoms with Gasteiger partial charge < -0.3 is 35.6 Å². The van der Waals surface area contributed by atoms with Crippen LogP contribution in [0.2, 0.25) is 0 Å². The average molecular weight is 510 g/mol. The molecule has 5 rings (SSSR count). The number of likely N-dealkylation sites (N-methyl/N-ethyl adjacent to an activating group) is 1. The second-order valence-electron chi connectivity index (χ2n) is 9.14. The van der Waals surface area contributed by atoms with E-state index in [0.717, 1.165) is 16.7 Å². The fourth-order valence-electron chi connectivity index (χ4n) is 4.61. The van der Waals surface area contributed by atoms with E-state index < -0.39 is 30.0 Å². The predicted octanol–water partition coefficient (Wildman–Crippen LogP) is 0.0507. The Bertz CT molecular complexity index is 1280. The van der Waals surface area contributed by atoms with E-state index in [1.54, 1.807) is 48.3 Å². The number of carbonyl (C=O) groups excluding carboxylic acids is 2. The van der Waals surface area contributed by atoms with Crippen LogP contribution in [0.25, 0.3) is 0 Å². The summed E-state index contributed by atoms with van der Waals surface area (Å²) in [6.07, 6.45) is -3.79. The number of nitrogens with one attached hydrogen (secondary N) is 1. The van der Waals surface area contributed by atoms with Crippen molar-refractivity contribution >= 4 is 35.0 Å². The Balaban J connectivity index is 1.24.